The fourth-order valence-electron chi connectivity index (χ4n) is 2.63. The molecule has 0 aliphatic rings. The number of hydrogen-bond donors (Lipinski definition) is 2. The first-order valence-electron chi connectivity index (χ1n) is 8.19. The highest BCUT2D eigenvalue weighted by molar-refractivity contribution is 7.92. The summed E-state index contributed by atoms with van der Waals surface area (Å²) in [7, 11) is -3.73. The molecule has 2 aromatic carbocycles. The lowest BCUT2D eigenvalue weighted by atomic mass is 10.1. The maximum absolute atomic E-state index is 12.6. The highest BCUT2D eigenvalue weighted by Crippen LogP contribution is 2.20. The van der Waals surface area contributed by atoms with Crippen LogP contribution in [0.25, 0.3) is 0 Å². The third kappa shape index (κ3) is 4.53. The average Bonchev–Trinajstić information content (AvgIpc) is 3.00. The van der Waals surface area contributed by atoms with E-state index >= 15 is 0 Å². The number of anilines is 2. The van der Waals surface area contributed by atoms with Crippen molar-refractivity contribution in [1.29, 1.82) is 0 Å². The Labute approximate surface area is 157 Å². The number of benzene rings is 2. The number of hydrogen-bond acceptors (Lipinski definition) is 5. The van der Waals surface area contributed by atoms with E-state index in [1.165, 1.54) is 30.3 Å². The van der Waals surface area contributed by atoms with E-state index in [1.54, 1.807) is 19.1 Å². The number of nitrogens with one attached hydrogen (secondary N) is 2. The third-order valence-electron chi connectivity index (χ3n) is 3.75. The standard InChI is InChI=1S/C19H19N3O4S/c1-12-8-13(2)10-16(9-12)22-27(24,25)17-6-4-15(5-7-17)20-19(23)18-11-14(3)21-26-18/h4-11,22H,1-3H3,(H,20,23). The molecule has 1 amide bonds. The van der Waals surface area contributed by atoms with Crippen molar-refractivity contribution < 1.29 is 17.7 Å². The zero-order valence-corrected chi connectivity index (χ0v) is 15.9. The summed E-state index contributed by atoms with van der Waals surface area (Å²) in [5.41, 5.74) is 3.48. The van der Waals surface area contributed by atoms with Crippen molar-refractivity contribution in [3.8, 4) is 0 Å². The van der Waals surface area contributed by atoms with Gasteiger partial charge in [-0.05, 0) is 68.3 Å². The number of sulfonamides is 1. The van der Waals surface area contributed by atoms with E-state index in [-0.39, 0.29) is 10.7 Å². The van der Waals surface area contributed by atoms with Crippen LogP contribution in [0.3, 0.4) is 0 Å². The van der Waals surface area contributed by atoms with E-state index in [1.807, 2.05) is 19.9 Å². The van der Waals surface area contributed by atoms with Crippen LogP contribution >= 0.6 is 0 Å². The van der Waals surface area contributed by atoms with Crippen LogP contribution in [0.4, 0.5) is 11.4 Å². The average molecular weight is 385 g/mol. The molecule has 0 saturated heterocycles. The third-order valence-corrected chi connectivity index (χ3v) is 5.15. The first-order chi connectivity index (χ1) is 12.7. The van der Waals surface area contributed by atoms with Gasteiger partial charge in [-0.2, -0.15) is 0 Å². The molecule has 0 fully saturated rings. The molecule has 8 heteroatoms. The first-order valence-corrected chi connectivity index (χ1v) is 9.67. The Kier molecular flexibility index (Phi) is 5.00. The predicted molar refractivity (Wildman–Crippen MR) is 102 cm³/mol. The Morgan fingerprint density at radius 2 is 1.56 bits per heavy atom. The second-order valence-corrected chi connectivity index (χ2v) is 7.98. The molecule has 0 spiro atoms. The maximum Gasteiger partial charge on any atom is 0.294 e. The number of nitrogens with zero attached hydrogens (tertiary/aromatic N) is 1. The Morgan fingerprint density at radius 3 is 2.11 bits per heavy atom. The smallest absolute Gasteiger partial charge is 0.294 e. The number of carbonyl (C=O) groups excluding carboxylic acids is 1. The summed E-state index contributed by atoms with van der Waals surface area (Å²) in [6.45, 7) is 5.51. The van der Waals surface area contributed by atoms with Gasteiger partial charge in [-0.1, -0.05) is 11.2 Å². The van der Waals surface area contributed by atoms with Gasteiger partial charge >= 0.3 is 0 Å². The minimum absolute atomic E-state index is 0.0840. The first kappa shape index (κ1) is 18.7. The zero-order chi connectivity index (χ0) is 19.6. The largest absolute Gasteiger partial charge is 0.351 e. The molecule has 0 atom stereocenters. The minimum Gasteiger partial charge on any atom is -0.351 e. The topological polar surface area (TPSA) is 101 Å². The minimum atomic E-state index is -3.73. The molecule has 7 nitrogen and oxygen atoms in total. The summed E-state index contributed by atoms with van der Waals surface area (Å²) >= 11 is 0. The summed E-state index contributed by atoms with van der Waals surface area (Å²) in [5.74, 6) is -0.375. The van der Waals surface area contributed by atoms with Gasteiger partial charge in [0.1, 0.15) is 0 Å². The highest BCUT2D eigenvalue weighted by Gasteiger charge is 2.16. The van der Waals surface area contributed by atoms with E-state index in [0.29, 0.717) is 17.1 Å². The van der Waals surface area contributed by atoms with Gasteiger partial charge in [0, 0.05) is 17.4 Å². The van der Waals surface area contributed by atoms with E-state index in [2.05, 4.69) is 15.2 Å². The lowest BCUT2D eigenvalue weighted by Crippen LogP contribution is -2.14. The molecule has 2 N–H and O–H groups in total. The Hall–Kier alpha value is -3.13. The lowest BCUT2D eigenvalue weighted by molar-refractivity contribution is 0.0988. The summed E-state index contributed by atoms with van der Waals surface area (Å²) in [6.07, 6.45) is 0. The molecule has 3 aromatic rings. The predicted octanol–water partition coefficient (Wildman–Crippen LogP) is 3.65. The summed E-state index contributed by atoms with van der Waals surface area (Å²) < 4.78 is 32.6. The van der Waals surface area contributed by atoms with Gasteiger partial charge in [0.2, 0.25) is 5.76 Å². The van der Waals surface area contributed by atoms with Crippen molar-refractivity contribution in [3.05, 3.63) is 71.1 Å². The molecule has 1 aromatic heterocycles. The Morgan fingerprint density at radius 1 is 0.926 bits per heavy atom. The second kappa shape index (κ2) is 7.24. The molecule has 0 radical (unpaired) electrons. The highest BCUT2D eigenvalue weighted by atomic mass is 32.2. The number of amides is 1. The van der Waals surface area contributed by atoms with E-state index in [9.17, 15) is 13.2 Å². The van der Waals surface area contributed by atoms with Crippen LogP contribution in [-0.4, -0.2) is 19.5 Å². The maximum atomic E-state index is 12.6. The van der Waals surface area contributed by atoms with E-state index < -0.39 is 15.9 Å². The van der Waals surface area contributed by atoms with Gasteiger partial charge in [-0.15, -0.1) is 0 Å². The van der Waals surface area contributed by atoms with Crippen LogP contribution < -0.4 is 10.0 Å². The fraction of sp³-hybridized carbons (Fsp3) is 0.158. The van der Waals surface area contributed by atoms with Crippen molar-refractivity contribution in [1.82, 2.24) is 5.16 Å². The summed E-state index contributed by atoms with van der Waals surface area (Å²) in [6, 6.07) is 12.9. The molecule has 3 rings (SSSR count). The SMILES string of the molecule is Cc1cc(C)cc(NS(=O)(=O)c2ccc(NC(=O)c3cc(C)no3)cc2)c1. The molecule has 0 aliphatic carbocycles. The molecule has 0 unspecified atom stereocenters. The normalized spacial score (nSPS) is 11.2. The van der Waals surface area contributed by atoms with Crippen LogP contribution in [0.1, 0.15) is 27.4 Å². The molecule has 0 saturated carbocycles. The number of rotatable bonds is 5. The molecular weight excluding hydrogens is 366 g/mol. The van der Waals surface area contributed by atoms with Crippen molar-refractivity contribution in [3.63, 3.8) is 0 Å². The van der Waals surface area contributed by atoms with Crippen molar-refractivity contribution in [2.45, 2.75) is 25.7 Å². The second-order valence-electron chi connectivity index (χ2n) is 6.29. The number of carbonyl (C=O) groups is 1. The molecule has 0 bridgehead atoms. The van der Waals surface area contributed by atoms with Crippen molar-refractivity contribution in [2.24, 2.45) is 0 Å². The van der Waals surface area contributed by atoms with Crippen molar-refractivity contribution in [2.75, 3.05) is 10.0 Å². The van der Waals surface area contributed by atoms with Crippen molar-refractivity contribution >= 4 is 27.3 Å². The van der Waals surface area contributed by atoms with Gasteiger partial charge in [-0.25, -0.2) is 8.42 Å². The van der Waals surface area contributed by atoms with Gasteiger partial charge in [0.15, 0.2) is 0 Å². The van der Waals surface area contributed by atoms with Crippen LogP contribution in [0.2, 0.25) is 0 Å². The number of aryl methyl sites for hydroxylation is 3. The monoisotopic (exact) mass is 385 g/mol. The van der Waals surface area contributed by atoms with Gasteiger partial charge < -0.3 is 9.84 Å². The van der Waals surface area contributed by atoms with Crippen LogP contribution in [0, 0.1) is 20.8 Å². The van der Waals surface area contributed by atoms with Gasteiger partial charge in [0.05, 0.1) is 10.6 Å². The van der Waals surface area contributed by atoms with E-state index in [4.69, 9.17) is 4.52 Å². The Balaban J connectivity index is 1.74. The molecular formula is C19H19N3O4S. The van der Waals surface area contributed by atoms with Gasteiger partial charge in [0.25, 0.3) is 15.9 Å². The van der Waals surface area contributed by atoms with E-state index in [0.717, 1.165) is 11.1 Å². The summed E-state index contributed by atoms with van der Waals surface area (Å²) in [4.78, 5) is 12.1. The molecule has 1 heterocycles. The lowest BCUT2D eigenvalue weighted by Gasteiger charge is -2.10. The van der Waals surface area contributed by atoms with Gasteiger partial charge in [-0.3, -0.25) is 9.52 Å². The Bertz CT molecular complexity index is 1070. The van der Waals surface area contributed by atoms with Crippen LogP contribution in [-0.2, 0) is 10.0 Å². The zero-order valence-electron chi connectivity index (χ0n) is 15.1. The van der Waals surface area contributed by atoms with Crippen LogP contribution in [0.5, 0.6) is 0 Å². The molecule has 0 aliphatic heterocycles. The fourth-order valence-corrected chi connectivity index (χ4v) is 3.67. The number of aromatic nitrogens is 1. The summed E-state index contributed by atoms with van der Waals surface area (Å²) in [5, 5.41) is 6.28. The quantitative estimate of drug-likeness (QED) is 0.698. The molecule has 27 heavy (non-hydrogen) atoms. The van der Waals surface area contributed by atoms with Crippen LogP contribution in [0.15, 0.2) is 57.9 Å². The molecule has 140 valence electrons.